The summed E-state index contributed by atoms with van der Waals surface area (Å²) in [5.74, 6) is -0.964. The minimum absolute atomic E-state index is 0.00117. The fourth-order valence-electron chi connectivity index (χ4n) is 1.79. The quantitative estimate of drug-likeness (QED) is 0.112. The Morgan fingerprint density at radius 3 is 2.36 bits per heavy atom. The molecular weight excluding hydrogens is 328 g/mol. The van der Waals surface area contributed by atoms with E-state index in [1.54, 1.807) is 0 Å². The summed E-state index contributed by atoms with van der Waals surface area (Å²) in [5.41, 5.74) is 0. The van der Waals surface area contributed by atoms with Crippen LogP contribution < -0.4 is 0 Å². The minimum atomic E-state index is -4.46. The minimum Gasteiger partial charge on any atom is -0.388 e. The first-order chi connectivity index (χ1) is 10.3. The highest BCUT2D eigenvalue weighted by molar-refractivity contribution is 7.85. The molecule has 0 radical (unpaired) electrons. The van der Waals surface area contributed by atoms with Crippen molar-refractivity contribution < 1.29 is 52.3 Å². The van der Waals surface area contributed by atoms with Crippen molar-refractivity contribution in [3.63, 3.8) is 0 Å². The highest BCUT2D eigenvalue weighted by Gasteiger charge is 2.45. The van der Waals surface area contributed by atoms with Crippen molar-refractivity contribution in [1.29, 1.82) is 0 Å². The van der Waals surface area contributed by atoms with Gasteiger partial charge >= 0.3 is 6.47 Å². The maximum absolute atomic E-state index is 10.8. The molecule has 0 bridgehead atoms. The van der Waals surface area contributed by atoms with Gasteiger partial charge in [-0.15, -0.1) is 0 Å². The van der Waals surface area contributed by atoms with Crippen molar-refractivity contribution in [2.45, 2.75) is 37.1 Å². The van der Waals surface area contributed by atoms with Gasteiger partial charge in [0.2, 0.25) is 0 Å². The van der Waals surface area contributed by atoms with E-state index in [1.807, 2.05) is 0 Å². The summed E-state index contributed by atoms with van der Waals surface area (Å²) in [6.45, 7) is 0.0546. The molecule has 12 heteroatoms. The third-order valence-electron chi connectivity index (χ3n) is 2.80. The summed E-state index contributed by atoms with van der Waals surface area (Å²) < 4.78 is 40.5. The summed E-state index contributed by atoms with van der Waals surface area (Å²) in [7, 11) is -4.46. The van der Waals surface area contributed by atoms with Crippen molar-refractivity contribution in [3.8, 4) is 0 Å². The molecule has 1 heterocycles. The van der Waals surface area contributed by atoms with Crippen molar-refractivity contribution in [1.82, 2.24) is 0 Å². The van der Waals surface area contributed by atoms with Crippen LogP contribution in [0.25, 0.3) is 0 Å². The van der Waals surface area contributed by atoms with Crippen LogP contribution in [0.4, 0.5) is 0 Å². The molecule has 130 valence electrons. The molecule has 22 heavy (non-hydrogen) atoms. The Morgan fingerprint density at radius 1 is 1.09 bits per heavy atom. The van der Waals surface area contributed by atoms with Gasteiger partial charge in [-0.2, -0.15) is 13.3 Å². The van der Waals surface area contributed by atoms with Gasteiger partial charge in [-0.1, -0.05) is 0 Å². The Labute approximate surface area is 126 Å². The number of ether oxygens (including phenoxy) is 2. The van der Waals surface area contributed by atoms with Crippen LogP contribution in [-0.4, -0.2) is 84.4 Å². The molecule has 1 aliphatic rings. The van der Waals surface area contributed by atoms with E-state index in [-0.39, 0.29) is 26.1 Å². The SMILES string of the molecule is O=COOCCCO[C@H]1O[C@H](CS(=O)(=O)O)[C@@H](O)[C@H](O)[C@H]1O. The van der Waals surface area contributed by atoms with Crippen LogP contribution in [-0.2, 0) is 34.2 Å². The lowest BCUT2D eigenvalue weighted by Gasteiger charge is -2.39. The molecule has 1 rings (SSSR count). The van der Waals surface area contributed by atoms with Gasteiger partial charge < -0.3 is 29.7 Å². The smallest absolute Gasteiger partial charge is 0.330 e. The molecule has 0 amide bonds. The Bertz CT molecular complexity index is 438. The van der Waals surface area contributed by atoms with Crippen molar-refractivity contribution in [2.75, 3.05) is 19.0 Å². The number of carbonyl (C=O) groups excluding carboxylic acids is 1. The van der Waals surface area contributed by atoms with Crippen molar-refractivity contribution >= 4 is 16.6 Å². The van der Waals surface area contributed by atoms with E-state index in [2.05, 4.69) is 9.78 Å². The fraction of sp³-hybridized carbons (Fsp3) is 0.900. The lowest BCUT2D eigenvalue weighted by atomic mass is 10.00. The average molecular weight is 346 g/mol. The molecule has 0 unspecified atom stereocenters. The van der Waals surface area contributed by atoms with Crippen LogP contribution in [0, 0.1) is 0 Å². The standard InChI is InChI=1S/C10H18O11S/c11-5-20-19-3-1-2-18-10-9(14)8(13)7(12)6(21-10)4-22(15,16)17/h5-10,12-14H,1-4H2,(H,15,16,17)/t6-,7-,8+,9-,10+/m1/s1. The zero-order chi connectivity index (χ0) is 16.8. The highest BCUT2D eigenvalue weighted by atomic mass is 32.2. The van der Waals surface area contributed by atoms with Gasteiger partial charge in [0.05, 0.1) is 13.2 Å². The van der Waals surface area contributed by atoms with Crippen LogP contribution in [0.5, 0.6) is 0 Å². The zero-order valence-electron chi connectivity index (χ0n) is 11.3. The topological polar surface area (TPSA) is 169 Å². The second-order valence-corrected chi connectivity index (χ2v) is 6.00. The molecule has 4 N–H and O–H groups in total. The van der Waals surface area contributed by atoms with E-state index >= 15 is 0 Å². The summed E-state index contributed by atoms with van der Waals surface area (Å²) in [5, 5.41) is 28.9. The number of hydrogen-bond donors (Lipinski definition) is 4. The molecule has 0 aromatic rings. The number of carbonyl (C=O) groups is 1. The number of hydrogen-bond acceptors (Lipinski definition) is 10. The van der Waals surface area contributed by atoms with Gasteiger partial charge in [0.15, 0.2) is 6.29 Å². The summed E-state index contributed by atoms with van der Waals surface area (Å²) in [4.78, 5) is 18.1. The molecular formula is C10H18O11S. The molecule has 0 aromatic heterocycles. The van der Waals surface area contributed by atoms with Crippen molar-refractivity contribution in [2.24, 2.45) is 0 Å². The fourth-order valence-corrected chi connectivity index (χ4v) is 2.48. The average Bonchev–Trinajstić information content (AvgIpc) is 2.43. The van der Waals surface area contributed by atoms with E-state index in [1.165, 1.54) is 0 Å². The molecule has 0 spiro atoms. The van der Waals surface area contributed by atoms with Gasteiger partial charge in [0.25, 0.3) is 10.1 Å². The first kappa shape index (κ1) is 19.2. The van der Waals surface area contributed by atoms with Gasteiger partial charge in [0.1, 0.15) is 30.2 Å². The van der Waals surface area contributed by atoms with Crippen molar-refractivity contribution in [3.05, 3.63) is 0 Å². The van der Waals surface area contributed by atoms with E-state index in [0.717, 1.165) is 0 Å². The predicted molar refractivity (Wildman–Crippen MR) is 66.8 cm³/mol. The first-order valence-corrected chi connectivity index (χ1v) is 7.85. The normalized spacial score (nSPS) is 32.6. The maximum Gasteiger partial charge on any atom is 0.330 e. The highest BCUT2D eigenvalue weighted by Crippen LogP contribution is 2.23. The summed E-state index contributed by atoms with van der Waals surface area (Å²) in [6.07, 6.45) is -7.66. The third kappa shape index (κ3) is 6.10. The Balaban J connectivity index is 2.49. The molecule has 11 nitrogen and oxygen atoms in total. The van der Waals surface area contributed by atoms with Gasteiger partial charge in [-0.05, 0) is 6.42 Å². The molecule has 5 atom stereocenters. The largest absolute Gasteiger partial charge is 0.388 e. The molecule has 1 fully saturated rings. The van der Waals surface area contributed by atoms with E-state index in [0.29, 0.717) is 0 Å². The second-order valence-electron chi connectivity index (χ2n) is 4.50. The van der Waals surface area contributed by atoms with Gasteiger partial charge in [-0.25, -0.2) is 0 Å². The number of aliphatic hydroxyl groups excluding tert-OH is 3. The molecule has 0 aliphatic carbocycles. The first-order valence-electron chi connectivity index (χ1n) is 6.24. The third-order valence-corrected chi connectivity index (χ3v) is 3.55. The summed E-state index contributed by atoms with van der Waals surface area (Å²) >= 11 is 0. The maximum atomic E-state index is 10.8. The van der Waals surface area contributed by atoms with Gasteiger partial charge in [-0.3, -0.25) is 9.35 Å². The molecule has 0 saturated carbocycles. The van der Waals surface area contributed by atoms with E-state index in [9.17, 15) is 28.5 Å². The molecule has 1 aliphatic heterocycles. The van der Waals surface area contributed by atoms with E-state index in [4.69, 9.17) is 14.0 Å². The monoisotopic (exact) mass is 346 g/mol. The Morgan fingerprint density at radius 2 is 1.77 bits per heavy atom. The Hall–Kier alpha value is -0.860. The van der Waals surface area contributed by atoms with Crippen LogP contribution in [0.1, 0.15) is 6.42 Å². The van der Waals surface area contributed by atoms with Crippen LogP contribution >= 0.6 is 0 Å². The van der Waals surface area contributed by atoms with Crippen LogP contribution in [0.2, 0.25) is 0 Å². The Kier molecular flexibility index (Phi) is 7.58. The number of aliphatic hydroxyl groups is 3. The van der Waals surface area contributed by atoms with Gasteiger partial charge in [0, 0.05) is 0 Å². The molecule has 0 aromatic carbocycles. The van der Waals surface area contributed by atoms with Crippen LogP contribution in [0.15, 0.2) is 0 Å². The predicted octanol–water partition coefficient (Wildman–Crippen LogP) is -2.81. The summed E-state index contributed by atoms with van der Waals surface area (Å²) in [6, 6.07) is 0. The number of rotatable bonds is 9. The lowest BCUT2D eigenvalue weighted by molar-refractivity contribution is -0.296. The second kappa shape index (κ2) is 8.69. The zero-order valence-corrected chi connectivity index (χ0v) is 12.2. The molecule has 1 saturated heterocycles. The van der Waals surface area contributed by atoms with E-state index < -0.39 is 46.6 Å². The lowest BCUT2D eigenvalue weighted by Crippen LogP contribution is -2.59. The van der Waals surface area contributed by atoms with Crippen LogP contribution in [0.3, 0.4) is 0 Å².